The van der Waals surface area contributed by atoms with Crippen LogP contribution in [0.4, 0.5) is 0 Å². The Bertz CT molecular complexity index is 246. The zero-order chi connectivity index (χ0) is 18.6. The van der Waals surface area contributed by atoms with E-state index in [1.807, 2.05) is 0 Å². The Morgan fingerprint density at radius 1 is 0.409 bits per heavy atom. The Hall–Kier alpha value is 2.50. The molecule has 0 spiro atoms. The van der Waals surface area contributed by atoms with Gasteiger partial charge in [-0.25, -0.2) is 0 Å². The molecule has 2 radical (unpaired) electrons. The molecule has 0 aliphatic carbocycles. The Labute approximate surface area is 168 Å². The molecule has 0 amide bonds. The Morgan fingerprint density at radius 3 is 0.545 bits per heavy atom. The van der Waals surface area contributed by atoms with Gasteiger partial charge in [0.1, 0.15) is 0 Å². The molecule has 0 aliphatic heterocycles. The summed E-state index contributed by atoms with van der Waals surface area (Å²) in [5, 5.41) is 0. The van der Waals surface area contributed by atoms with E-state index in [-0.39, 0.29) is 43.2 Å². The van der Waals surface area contributed by atoms with Crippen LogP contribution in [0.1, 0.15) is 0 Å². The van der Waals surface area contributed by atoms with E-state index in [9.17, 15) is 0 Å². The summed E-state index contributed by atoms with van der Waals surface area (Å²) in [6, 6.07) is 0. The van der Waals surface area contributed by atoms with Crippen molar-refractivity contribution < 1.29 is 0 Å². The summed E-state index contributed by atoms with van der Waals surface area (Å²) in [5.41, 5.74) is 0. The zero-order valence-electron chi connectivity index (χ0n) is 18.0. The van der Waals surface area contributed by atoms with Gasteiger partial charge in [0.05, 0.1) is 0 Å². The molecule has 0 saturated carbocycles. The predicted molar refractivity (Wildman–Crippen MR) is 124 cm³/mol. The molecule has 22 heavy (non-hydrogen) atoms. The van der Waals surface area contributed by atoms with E-state index in [4.69, 9.17) is 0 Å². The molecule has 0 heterocycles. The monoisotopic (exact) mass is 590 g/mol. The van der Waals surface area contributed by atoms with Gasteiger partial charge < -0.3 is 0 Å². The van der Waals surface area contributed by atoms with E-state index in [1.165, 1.54) is 6.22 Å². The molecule has 0 fully saturated rings. The van der Waals surface area contributed by atoms with E-state index in [1.54, 1.807) is 0 Å². The van der Waals surface area contributed by atoms with Crippen molar-refractivity contribution in [3.05, 3.63) is 0 Å². The first-order valence-electron chi connectivity index (χ1n) is 8.57. The van der Waals surface area contributed by atoms with Crippen molar-refractivity contribution in [3.63, 3.8) is 0 Å². The Kier molecular flexibility index (Phi) is 12.1. The summed E-state index contributed by atoms with van der Waals surface area (Å²) >= 11 is 0.300. The van der Waals surface area contributed by atoms with Gasteiger partial charge in [-0.2, -0.15) is 0 Å². The molecular formula is C16H44Sb2Si4. The molecule has 0 bridgehead atoms. The first kappa shape index (κ1) is 26.7. The third-order valence-corrected chi connectivity index (χ3v) is 57.2. The van der Waals surface area contributed by atoms with Gasteiger partial charge in [0, 0.05) is 0 Å². The van der Waals surface area contributed by atoms with Crippen LogP contribution in [0.2, 0.25) is 94.5 Å². The van der Waals surface area contributed by atoms with Crippen LogP contribution in [-0.4, -0.2) is 75.5 Å². The SMILES string of the molecule is [CH3][Sb][CH]([Si](C)(C)C)[Si](C)(C)C.[CH3][Sb][CH]([Si](C)(C)C)[Si](C)(C)C. The van der Waals surface area contributed by atoms with Crippen molar-refractivity contribution in [2.75, 3.05) is 0 Å². The van der Waals surface area contributed by atoms with Crippen LogP contribution < -0.4 is 0 Å². The van der Waals surface area contributed by atoms with Crippen molar-refractivity contribution >= 4 is 75.5 Å². The van der Waals surface area contributed by atoms with Gasteiger partial charge in [-0.15, -0.1) is 0 Å². The second-order valence-corrected chi connectivity index (χ2v) is 44.8. The minimum atomic E-state index is -0.794. The fraction of sp³-hybridized carbons (Fsp3) is 1.00. The molecule has 0 unspecified atom stereocenters. The molecule has 6 heteroatoms. The van der Waals surface area contributed by atoms with Crippen LogP contribution >= 0.6 is 0 Å². The van der Waals surface area contributed by atoms with Crippen LogP contribution in [0.3, 0.4) is 0 Å². The van der Waals surface area contributed by atoms with Gasteiger partial charge in [0.2, 0.25) is 0 Å². The summed E-state index contributed by atoms with van der Waals surface area (Å²) in [6.07, 6.45) is 0. The molecule has 0 aromatic carbocycles. The second-order valence-electron chi connectivity index (χ2n) is 10.8. The van der Waals surface area contributed by atoms with E-state index in [0.717, 1.165) is 0 Å². The van der Waals surface area contributed by atoms with E-state index in [2.05, 4.69) is 88.3 Å². The third-order valence-electron chi connectivity index (χ3n) is 3.80. The molecule has 134 valence electrons. The normalized spacial score (nSPS) is 14.2. The fourth-order valence-electron chi connectivity index (χ4n) is 4.15. The molecular weight excluding hydrogens is 548 g/mol. The van der Waals surface area contributed by atoms with Gasteiger partial charge in [-0.05, 0) is 0 Å². The van der Waals surface area contributed by atoms with E-state index < -0.39 is 32.3 Å². The van der Waals surface area contributed by atoms with E-state index in [0.29, 0.717) is 0 Å². The molecule has 0 atom stereocenters. The van der Waals surface area contributed by atoms with Crippen molar-refractivity contribution in [1.82, 2.24) is 0 Å². The van der Waals surface area contributed by atoms with Crippen molar-refractivity contribution in [2.45, 2.75) is 94.5 Å². The summed E-state index contributed by atoms with van der Waals surface area (Å²) < 4.78 is 2.49. The average molecular weight is 592 g/mol. The summed E-state index contributed by atoms with van der Waals surface area (Å²) in [5.74, 6) is 0. The molecule has 0 aromatic rings. The average Bonchev–Trinajstić information content (AvgIpc) is 2.09. The maximum absolute atomic E-state index is 2.55. The van der Waals surface area contributed by atoms with Crippen LogP contribution in [0.5, 0.6) is 0 Å². The summed E-state index contributed by atoms with van der Waals surface area (Å²) in [4.78, 5) is 5.02. The first-order valence-corrected chi connectivity index (χ1v) is 30.9. The standard InChI is InChI=1S/2C7H19Si2.2CH3.2Sb/c2*1-8(2,3)7-9(4,5)6;;;;/h2*7H,1-6H3;2*1H3;;. The van der Waals surface area contributed by atoms with Crippen LogP contribution in [0.15, 0.2) is 0 Å². The molecule has 0 saturated heterocycles. The Balaban J connectivity index is 0. The number of hydrogen-bond donors (Lipinski definition) is 0. The Morgan fingerprint density at radius 2 is 0.545 bits per heavy atom. The van der Waals surface area contributed by atoms with Gasteiger partial charge in [-0.3, -0.25) is 0 Å². The van der Waals surface area contributed by atoms with Gasteiger partial charge in [0.25, 0.3) is 0 Å². The van der Waals surface area contributed by atoms with Gasteiger partial charge in [0.15, 0.2) is 0 Å². The van der Waals surface area contributed by atoms with Crippen LogP contribution in [-0.2, 0) is 0 Å². The third kappa shape index (κ3) is 11.2. The molecule has 0 aliphatic rings. The summed E-state index contributed by atoms with van der Waals surface area (Å²) in [6.45, 7) is 30.6. The predicted octanol–water partition coefficient (Wildman–Crippen LogP) is 6.56. The second kappa shape index (κ2) is 10.00. The van der Waals surface area contributed by atoms with E-state index >= 15 is 0 Å². The first-order chi connectivity index (χ1) is 9.39. The quantitative estimate of drug-likeness (QED) is 0.307. The maximum atomic E-state index is 2.55. The molecule has 0 rings (SSSR count). The summed E-state index contributed by atoms with van der Waals surface area (Å²) in [7, 11) is -3.17. The zero-order valence-corrected chi connectivity index (χ0v) is 27.2. The number of hydrogen-bond acceptors (Lipinski definition) is 0. The van der Waals surface area contributed by atoms with Crippen LogP contribution in [0, 0.1) is 0 Å². The molecule has 0 N–H and O–H groups in total. The molecule has 0 nitrogen and oxygen atoms in total. The fourth-order valence-corrected chi connectivity index (χ4v) is 54.6. The van der Waals surface area contributed by atoms with Crippen molar-refractivity contribution in [3.8, 4) is 0 Å². The van der Waals surface area contributed by atoms with Gasteiger partial charge >= 0.3 is 170 Å². The minimum absolute atomic E-state index is 0.150. The van der Waals surface area contributed by atoms with Crippen molar-refractivity contribution in [1.29, 1.82) is 0 Å². The molecule has 0 aromatic heterocycles. The topological polar surface area (TPSA) is 0 Å². The van der Waals surface area contributed by atoms with Gasteiger partial charge in [-0.1, -0.05) is 0 Å². The van der Waals surface area contributed by atoms with Crippen molar-refractivity contribution in [2.24, 2.45) is 0 Å². The van der Waals surface area contributed by atoms with Crippen LogP contribution in [0.25, 0.3) is 0 Å². The number of rotatable bonds is 6.